The molecule has 4 nitrogen and oxygen atoms in total. The molecule has 0 unspecified atom stereocenters. The minimum absolute atomic E-state index is 0.312. The third-order valence-corrected chi connectivity index (χ3v) is 20.5. The molecule has 16 aromatic carbocycles. The van der Waals surface area contributed by atoms with Gasteiger partial charge in [0.05, 0.1) is 39.5 Å². The zero-order valence-corrected chi connectivity index (χ0v) is 55.4. The highest BCUT2D eigenvalue weighted by atomic mass is 15.2. The second-order valence-electron chi connectivity index (χ2n) is 26.2. The largest absolute Gasteiger partial charge is 0.310 e. The average Bonchev–Trinajstić information content (AvgIpc) is 1.65. The van der Waals surface area contributed by atoms with E-state index in [1.807, 2.05) is 0 Å². The third kappa shape index (κ3) is 10.00. The summed E-state index contributed by atoms with van der Waals surface area (Å²) in [5, 5.41) is 2.31. The highest BCUT2D eigenvalue weighted by Crippen LogP contribution is 2.57. The molecule has 2 aliphatic heterocycles. The van der Waals surface area contributed by atoms with Gasteiger partial charge in [0.1, 0.15) is 0 Å². The zero-order valence-electron chi connectivity index (χ0n) is 55.4. The molecular weight excluding hydrogens is 1220 g/mol. The van der Waals surface area contributed by atoms with Crippen molar-refractivity contribution < 1.29 is 0 Å². The molecule has 5 heteroatoms. The molecule has 1 aromatic heterocycles. The van der Waals surface area contributed by atoms with Crippen molar-refractivity contribution in [1.82, 2.24) is 4.57 Å². The molecule has 472 valence electrons. The molecule has 17 aromatic rings. The third-order valence-electron chi connectivity index (χ3n) is 20.5. The van der Waals surface area contributed by atoms with Gasteiger partial charge < -0.3 is 19.3 Å². The molecule has 101 heavy (non-hydrogen) atoms. The van der Waals surface area contributed by atoms with Crippen LogP contribution in [0.15, 0.2) is 394 Å². The minimum atomic E-state index is -0.312. The van der Waals surface area contributed by atoms with Crippen molar-refractivity contribution in [2.75, 3.05) is 14.7 Å². The van der Waals surface area contributed by atoms with E-state index in [1.165, 1.54) is 16.4 Å². The van der Waals surface area contributed by atoms with Gasteiger partial charge in [0.2, 0.25) is 0 Å². The molecule has 0 spiro atoms. The Bertz CT molecular complexity index is 5720. The predicted octanol–water partition coefficient (Wildman–Crippen LogP) is 24.0. The fourth-order valence-electron chi connectivity index (χ4n) is 16.2. The first kappa shape index (κ1) is 59.1. The van der Waals surface area contributed by atoms with Gasteiger partial charge in [-0.05, 0) is 115 Å². The zero-order chi connectivity index (χ0) is 66.7. The van der Waals surface area contributed by atoms with E-state index in [0.29, 0.717) is 0 Å². The highest BCUT2D eigenvalue weighted by molar-refractivity contribution is 7.00. The van der Waals surface area contributed by atoms with E-state index >= 15 is 0 Å². The summed E-state index contributed by atoms with van der Waals surface area (Å²) in [6, 6.07) is 146. The summed E-state index contributed by atoms with van der Waals surface area (Å²) in [5.74, 6) is 0. The molecule has 0 fully saturated rings. The number of anilines is 9. The number of benzene rings is 16. The van der Waals surface area contributed by atoms with Crippen molar-refractivity contribution in [3.63, 3.8) is 0 Å². The number of nitrogens with zero attached hydrogens (tertiary/aromatic N) is 4. The lowest BCUT2D eigenvalue weighted by Crippen LogP contribution is -2.61. The van der Waals surface area contributed by atoms with Crippen molar-refractivity contribution in [1.29, 1.82) is 0 Å². The molecule has 0 amide bonds. The summed E-state index contributed by atoms with van der Waals surface area (Å²) in [7, 11) is 0. The van der Waals surface area contributed by atoms with Crippen molar-refractivity contribution in [2.45, 2.75) is 0 Å². The van der Waals surface area contributed by atoms with E-state index in [2.05, 4.69) is 414 Å². The molecule has 0 saturated heterocycles. The van der Waals surface area contributed by atoms with Crippen molar-refractivity contribution in [3.8, 4) is 83.6 Å². The molecule has 3 heterocycles. The van der Waals surface area contributed by atoms with Gasteiger partial charge in [0, 0.05) is 72.6 Å². The number of hydrogen-bond acceptors (Lipinski definition) is 3. The van der Waals surface area contributed by atoms with Crippen LogP contribution in [0.4, 0.5) is 51.2 Å². The quantitative estimate of drug-likeness (QED) is 0.107. The van der Waals surface area contributed by atoms with Crippen LogP contribution in [0.2, 0.25) is 0 Å². The molecule has 0 atom stereocenters. The van der Waals surface area contributed by atoms with Gasteiger partial charge in [0.15, 0.2) is 0 Å². The summed E-state index contributed by atoms with van der Waals surface area (Å²) in [6.07, 6.45) is 0. The van der Waals surface area contributed by atoms with Crippen LogP contribution in [0.5, 0.6) is 0 Å². The lowest BCUT2D eigenvalue weighted by molar-refractivity contribution is 1.18. The lowest BCUT2D eigenvalue weighted by atomic mass is 9.33. The first-order valence-corrected chi connectivity index (χ1v) is 34.9. The molecule has 0 bridgehead atoms. The number of rotatable bonds is 13. The van der Waals surface area contributed by atoms with Crippen LogP contribution < -0.4 is 31.1 Å². The van der Waals surface area contributed by atoms with Gasteiger partial charge in [-0.3, -0.25) is 0 Å². The monoisotopic (exact) mass is 1280 g/mol. The Morgan fingerprint density at radius 1 is 0.218 bits per heavy atom. The molecule has 0 saturated carbocycles. The first-order valence-electron chi connectivity index (χ1n) is 34.9. The Balaban J connectivity index is 1.04. The Morgan fingerprint density at radius 3 is 1.02 bits per heavy atom. The van der Waals surface area contributed by atoms with E-state index in [-0.39, 0.29) is 6.71 Å². The van der Waals surface area contributed by atoms with Crippen LogP contribution >= 0.6 is 0 Å². The summed E-state index contributed by atoms with van der Waals surface area (Å²) >= 11 is 0. The van der Waals surface area contributed by atoms with Crippen LogP contribution in [-0.2, 0) is 0 Å². The summed E-state index contributed by atoms with van der Waals surface area (Å²) < 4.78 is 2.59. The molecule has 0 N–H and O–H groups in total. The summed E-state index contributed by atoms with van der Waals surface area (Å²) in [6.45, 7) is -0.312. The van der Waals surface area contributed by atoms with Gasteiger partial charge in [-0.2, -0.15) is 0 Å². The Morgan fingerprint density at radius 2 is 0.584 bits per heavy atom. The maximum atomic E-state index is 2.73. The van der Waals surface area contributed by atoms with E-state index in [1.54, 1.807) is 0 Å². The number of aromatic nitrogens is 1. The van der Waals surface area contributed by atoms with Crippen LogP contribution in [0.3, 0.4) is 0 Å². The first-order chi connectivity index (χ1) is 50.2. The molecule has 0 aliphatic carbocycles. The maximum Gasteiger partial charge on any atom is 0.252 e. The topological polar surface area (TPSA) is 14.7 Å². The second-order valence-corrected chi connectivity index (χ2v) is 26.2. The standard InChI is InChI=1S/C96H65BN4/c1-10-33-66(34-11-1)73-59-61-87-85(63-73)97-84-60-62-88-91(83-51-28-29-58-86(83)99(88)93-77(67-35-12-2-13-36-67)52-30-53-78(93)68-37-14-3-15-38-68)96(84)101(95-81(71-43-20-6-21-44-71)56-32-57-82(95)72-45-22-7-23-46-72)90-65-76(98(74-47-24-8-25-48-74)75-49-26-9-27-50-75)64-89(92(90)97)100(87)94-79(69-39-16-4-17-40-69)54-31-55-80(94)70-41-18-5-19-42-70/h1-65H. The number of hydrogen-bond donors (Lipinski definition) is 0. The SMILES string of the molecule is c1ccc(-c2ccc3c(c2)B2c4ccc5c(c4N(c4c(-c6ccccc6)cccc4-c4ccccc4)c4cc(N(c6ccccc6)c6ccccc6)cc(c42)N3c2c(-c3ccccc3)cccc2-c2ccccc2)c2ccccc2n5-c2c(-c3ccccc3)cccc2-c2ccccc2)cc1. The fourth-order valence-corrected chi connectivity index (χ4v) is 16.2. The van der Waals surface area contributed by atoms with Crippen LogP contribution in [-0.4, -0.2) is 11.3 Å². The Labute approximate surface area is 589 Å². The molecule has 19 rings (SSSR count). The van der Waals surface area contributed by atoms with Gasteiger partial charge >= 0.3 is 0 Å². The number of para-hydroxylation sites is 6. The molecule has 2 aliphatic rings. The van der Waals surface area contributed by atoms with Crippen molar-refractivity contribution >= 4 is 96.1 Å². The van der Waals surface area contributed by atoms with E-state index in [0.717, 1.165) is 157 Å². The van der Waals surface area contributed by atoms with Crippen LogP contribution in [0.1, 0.15) is 0 Å². The van der Waals surface area contributed by atoms with E-state index < -0.39 is 0 Å². The van der Waals surface area contributed by atoms with Gasteiger partial charge in [0.25, 0.3) is 6.71 Å². The smallest absolute Gasteiger partial charge is 0.252 e. The van der Waals surface area contributed by atoms with Crippen molar-refractivity contribution in [3.05, 3.63) is 394 Å². The van der Waals surface area contributed by atoms with E-state index in [9.17, 15) is 0 Å². The molecular formula is C96H65BN4. The lowest BCUT2D eigenvalue weighted by Gasteiger charge is -2.46. The second kappa shape index (κ2) is 25.0. The van der Waals surface area contributed by atoms with Gasteiger partial charge in [-0.25, -0.2) is 0 Å². The van der Waals surface area contributed by atoms with Gasteiger partial charge in [-0.15, -0.1) is 0 Å². The Kier molecular flexibility index (Phi) is 14.6. The maximum absolute atomic E-state index is 2.73. The average molecular weight is 1290 g/mol. The van der Waals surface area contributed by atoms with Gasteiger partial charge in [-0.1, -0.05) is 340 Å². The highest BCUT2D eigenvalue weighted by Gasteiger charge is 2.47. The minimum Gasteiger partial charge on any atom is -0.310 e. The summed E-state index contributed by atoms with van der Waals surface area (Å²) in [4.78, 5) is 7.85. The predicted molar refractivity (Wildman–Crippen MR) is 428 cm³/mol. The fraction of sp³-hybridized carbons (Fsp3) is 0. The molecule has 0 radical (unpaired) electrons. The van der Waals surface area contributed by atoms with Crippen LogP contribution in [0.25, 0.3) is 105 Å². The number of fused-ring (bicyclic) bond motifs is 8. The van der Waals surface area contributed by atoms with E-state index in [4.69, 9.17) is 0 Å². The van der Waals surface area contributed by atoms with Crippen molar-refractivity contribution in [2.24, 2.45) is 0 Å². The summed E-state index contributed by atoms with van der Waals surface area (Å²) in [5.41, 5.74) is 32.5. The van der Waals surface area contributed by atoms with Crippen LogP contribution in [0, 0.1) is 0 Å². The normalized spacial score (nSPS) is 12.1. The Hall–Kier alpha value is -13.2.